The summed E-state index contributed by atoms with van der Waals surface area (Å²) >= 11 is 0. The van der Waals surface area contributed by atoms with E-state index in [0.717, 1.165) is 11.3 Å². The van der Waals surface area contributed by atoms with Crippen LogP contribution in [0.1, 0.15) is 11.5 Å². The number of carboxylic acid groups (broad SMARTS) is 1. The topological polar surface area (TPSA) is 85.3 Å². The fourth-order valence-corrected chi connectivity index (χ4v) is 2.20. The van der Waals surface area contributed by atoms with Crippen molar-refractivity contribution in [3.63, 3.8) is 0 Å². The molecule has 0 radical (unpaired) electrons. The molecule has 0 bridgehead atoms. The highest BCUT2D eigenvalue weighted by Gasteiger charge is 2.18. The Balaban J connectivity index is 2.20. The van der Waals surface area contributed by atoms with Gasteiger partial charge in [-0.25, -0.2) is 14.6 Å². The Hall–Kier alpha value is -2.70. The first-order chi connectivity index (χ1) is 9.56. The number of rotatable bonds is 3. The molecule has 0 aliphatic rings. The molecular formula is C13H13N5O2. The molecule has 0 aliphatic carbocycles. The van der Waals surface area contributed by atoms with Crippen LogP contribution in [0.4, 0.5) is 0 Å². The maximum Gasteiger partial charge on any atom is 0.325 e. The second kappa shape index (κ2) is 4.44. The predicted molar refractivity (Wildman–Crippen MR) is 71.3 cm³/mol. The zero-order chi connectivity index (χ0) is 14.3. The van der Waals surface area contributed by atoms with Crippen LogP contribution in [0.5, 0.6) is 0 Å². The maximum atomic E-state index is 10.9. The van der Waals surface area contributed by atoms with Crippen molar-refractivity contribution in [1.82, 2.24) is 24.1 Å². The minimum Gasteiger partial charge on any atom is -0.480 e. The number of fused-ring (bicyclic) bond motifs is 1. The molecule has 0 saturated heterocycles. The van der Waals surface area contributed by atoms with Crippen LogP contribution >= 0.6 is 0 Å². The van der Waals surface area contributed by atoms with E-state index in [1.807, 2.05) is 35.7 Å². The van der Waals surface area contributed by atoms with E-state index in [1.165, 1.54) is 4.68 Å². The van der Waals surface area contributed by atoms with Gasteiger partial charge in [0.15, 0.2) is 5.82 Å². The van der Waals surface area contributed by atoms with Crippen molar-refractivity contribution >= 4 is 11.6 Å². The number of carbonyl (C=O) groups is 1. The molecule has 0 spiro atoms. The summed E-state index contributed by atoms with van der Waals surface area (Å²) in [5, 5.41) is 13.1. The van der Waals surface area contributed by atoms with Crippen molar-refractivity contribution in [3.8, 4) is 11.5 Å². The molecule has 3 aromatic heterocycles. The SMILES string of the molecule is Cc1nc(-c2nc3ccccn3c2C)n(CC(=O)O)n1. The van der Waals surface area contributed by atoms with Crippen LogP contribution in [0.3, 0.4) is 0 Å². The number of hydrogen-bond donors (Lipinski definition) is 1. The Bertz CT molecular complexity index is 802. The molecule has 7 nitrogen and oxygen atoms in total. The summed E-state index contributed by atoms with van der Waals surface area (Å²) in [4.78, 5) is 19.7. The van der Waals surface area contributed by atoms with Gasteiger partial charge in [-0.2, -0.15) is 5.10 Å². The zero-order valence-corrected chi connectivity index (χ0v) is 11.1. The maximum absolute atomic E-state index is 10.9. The Kier molecular flexibility index (Phi) is 2.74. The van der Waals surface area contributed by atoms with Crippen LogP contribution in [0, 0.1) is 13.8 Å². The van der Waals surface area contributed by atoms with Crippen molar-refractivity contribution in [3.05, 3.63) is 35.9 Å². The van der Waals surface area contributed by atoms with Crippen LogP contribution in [-0.2, 0) is 11.3 Å². The minimum atomic E-state index is -0.961. The number of hydrogen-bond acceptors (Lipinski definition) is 4. The van der Waals surface area contributed by atoms with Gasteiger partial charge >= 0.3 is 5.97 Å². The van der Waals surface area contributed by atoms with E-state index in [1.54, 1.807) is 6.92 Å². The minimum absolute atomic E-state index is 0.233. The van der Waals surface area contributed by atoms with E-state index in [0.29, 0.717) is 17.3 Å². The zero-order valence-electron chi connectivity index (χ0n) is 11.1. The van der Waals surface area contributed by atoms with E-state index in [-0.39, 0.29) is 6.54 Å². The summed E-state index contributed by atoms with van der Waals surface area (Å²) in [5.74, 6) is 0.0429. The summed E-state index contributed by atoms with van der Waals surface area (Å²) in [6.07, 6.45) is 1.91. The molecule has 0 atom stereocenters. The van der Waals surface area contributed by atoms with Gasteiger partial charge in [0.05, 0.1) is 5.69 Å². The number of aryl methyl sites for hydroxylation is 2. The Morgan fingerprint density at radius 1 is 1.30 bits per heavy atom. The van der Waals surface area contributed by atoms with Crippen LogP contribution in [0.2, 0.25) is 0 Å². The van der Waals surface area contributed by atoms with Gasteiger partial charge in [0.1, 0.15) is 23.7 Å². The van der Waals surface area contributed by atoms with Crippen molar-refractivity contribution in [2.45, 2.75) is 20.4 Å². The molecule has 0 fully saturated rings. The van der Waals surface area contributed by atoms with Gasteiger partial charge in [-0.05, 0) is 26.0 Å². The van der Waals surface area contributed by atoms with E-state index in [4.69, 9.17) is 5.11 Å². The normalized spacial score (nSPS) is 11.1. The lowest BCUT2D eigenvalue weighted by molar-refractivity contribution is -0.137. The number of aromatic nitrogens is 5. The molecule has 3 aromatic rings. The van der Waals surface area contributed by atoms with Crippen LogP contribution in [0.25, 0.3) is 17.2 Å². The summed E-state index contributed by atoms with van der Waals surface area (Å²) in [7, 11) is 0. The van der Waals surface area contributed by atoms with Crippen molar-refractivity contribution in [1.29, 1.82) is 0 Å². The highest BCUT2D eigenvalue weighted by Crippen LogP contribution is 2.22. The van der Waals surface area contributed by atoms with Gasteiger partial charge in [-0.3, -0.25) is 4.79 Å². The molecule has 0 unspecified atom stereocenters. The molecule has 3 rings (SSSR count). The summed E-state index contributed by atoms with van der Waals surface area (Å²) in [5.41, 5.74) is 2.35. The van der Waals surface area contributed by atoms with E-state index < -0.39 is 5.97 Å². The molecule has 3 heterocycles. The van der Waals surface area contributed by atoms with Crippen LogP contribution in [0.15, 0.2) is 24.4 Å². The van der Waals surface area contributed by atoms with E-state index in [9.17, 15) is 4.79 Å². The number of imidazole rings is 1. The molecule has 0 aromatic carbocycles. The van der Waals surface area contributed by atoms with Crippen LogP contribution in [-0.4, -0.2) is 35.2 Å². The Morgan fingerprint density at radius 3 is 2.80 bits per heavy atom. The molecule has 20 heavy (non-hydrogen) atoms. The third-order valence-corrected chi connectivity index (χ3v) is 3.04. The average molecular weight is 271 g/mol. The molecule has 1 N–H and O–H groups in total. The van der Waals surface area contributed by atoms with Crippen molar-refractivity contribution in [2.24, 2.45) is 0 Å². The average Bonchev–Trinajstić information content (AvgIpc) is 2.90. The Labute approximate surface area is 114 Å². The third-order valence-electron chi connectivity index (χ3n) is 3.04. The lowest BCUT2D eigenvalue weighted by Gasteiger charge is -2.01. The predicted octanol–water partition coefficient (Wildman–Crippen LogP) is 1.29. The van der Waals surface area contributed by atoms with Gasteiger partial charge in [-0.1, -0.05) is 6.07 Å². The fourth-order valence-electron chi connectivity index (χ4n) is 2.20. The first-order valence-corrected chi connectivity index (χ1v) is 6.13. The summed E-state index contributed by atoms with van der Waals surface area (Å²) < 4.78 is 3.30. The highest BCUT2D eigenvalue weighted by molar-refractivity contribution is 5.68. The monoisotopic (exact) mass is 271 g/mol. The van der Waals surface area contributed by atoms with Gasteiger partial charge in [0, 0.05) is 6.20 Å². The number of carboxylic acids is 1. The quantitative estimate of drug-likeness (QED) is 0.776. The third kappa shape index (κ3) is 1.93. The largest absolute Gasteiger partial charge is 0.480 e. The lowest BCUT2D eigenvalue weighted by Crippen LogP contribution is -2.12. The number of nitrogens with zero attached hydrogens (tertiary/aromatic N) is 5. The second-order valence-corrected chi connectivity index (χ2v) is 4.51. The first-order valence-electron chi connectivity index (χ1n) is 6.13. The van der Waals surface area contributed by atoms with Crippen molar-refractivity contribution < 1.29 is 9.90 Å². The Morgan fingerprint density at radius 2 is 2.10 bits per heavy atom. The van der Waals surface area contributed by atoms with Gasteiger partial charge in [0.25, 0.3) is 0 Å². The lowest BCUT2D eigenvalue weighted by atomic mass is 10.3. The molecule has 0 aliphatic heterocycles. The molecule has 0 amide bonds. The summed E-state index contributed by atoms with van der Waals surface area (Å²) in [6.45, 7) is 3.42. The molecule has 102 valence electrons. The van der Waals surface area contributed by atoms with E-state index in [2.05, 4.69) is 15.1 Å². The standard InChI is InChI=1S/C13H13N5O2/c1-8-12(15-10-5-3-4-6-17(8)10)13-14-9(2)16-18(13)7-11(19)20/h3-6H,7H2,1-2H3,(H,19,20). The number of aliphatic carboxylic acids is 1. The number of pyridine rings is 1. The van der Waals surface area contributed by atoms with Crippen LogP contribution < -0.4 is 0 Å². The molecule has 0 saturated carbocycles. The smallest absolute Gasteiger partial charge is 0.325 e. The highest BCUT2D eigenvalue weighted by atomic mass is 16.4. The van der Waals surface area contributed by atoms with Gasteiger partial charge in [-0.15, -0.1) is 0 Å². The van der Waals surface area contributed by atoms with Gasteiger partial charge < -0.3 is 9.51 Å². The molecule has 7 heteroatoms. The first kappa shape index (κ1) is 12.3. The van der Waals surface area contributed by atoms with Gasteiger partial charge in [0.2, 0.25) is 0 Å². The molecular weight excluding hydrogens is 258 g/mol. The fraction of sp³-hybridized carbons (Fsp3) is 0.231. The van der Waals surface area contributed by atoms with E-state index >= 15 is 0 Å². The second-order valence-electron chi connectivity index (χ2n) is 4.51. The summed E-state index contributed by atoms with van der Waals surface area (Å²) in [6, 6.07) is 5.71. The van der Waals surface area contributed by atoms with Crippen molar-refractivity contribution in [2.75, 3.05) is 0 Å².